The van der Waals surface area contributed by atoms with Gasteiger partial charge in [0.25, 0.3) is 11.7 Å². The summed E-state index contributed by atoms with van der Waals surface area (Å²) < 4.78 is 11.3. The standard InChI is InChI=1S/C37H40ClN3O7/c1-23(2)34-36(45)41(40(26(6)43)32(19-27-12-8-7-9-13-27)35(44)37(46)48-24(3)4)33(21-39(34)25(5)42)29-15-11-17-31(20-29)47-22-28-14-10-16-30(38)18-28/h7-18,20-21,23-24,32,34H,19,22H2,1-6H3/t32-,34+/m0/s1. The molecule has 3 aromatic rings. The number of carbonyl (C=O) groups is 5. The van der Waals surface area contributed by atoms with Crippen LogP contribution in [0.4, 0.5) is 0 Å². The first kappa shape index (κ1) is 35.9. The van der Waals surface area contributed by atoms with Crippen LogP contribution in [0.15, 0.2) is 85.1 Å². The molecule has 0 saturated heterocycles. The van der Waals surface area contributed by atoms with Crippen LogP contribution in [0.5, 0.6) is 5.75 Å². The van der Waals surface area contributed by atoms with Crippen molar-refractivity contribution >= 4 is 46.8 Å². The number of amides is 3. The fourth-order valence-corrected chi connectivity index (χ4v) is 5.73. The largest absolute Gasteiger partial charge is 0.489 e. The monoisotopic (exact) mass is 673 g/mol. The fourth-order valence-electron chi connectivity index (χ4n) is 5.52. The number of ketones is 1. The number of carbonyl (C=O) groups excluding carboxylic acids is 5. The summed E-state index contributed by atoms with van der Waals surface area (Å²) in [5.74, 6) is -3.75. The lowest BCUT2D eigenvalue weighted by atomic mass is 9.97. The van der Waals surface area contributed by atoms with Crippen molar-refractivity contribution in [1.82, 2.24) is 14.9 Å². The average Bonchev–Trinajstić information content (AvgIpc) is 3.03. The van der Waals surface area contributed by atoms with Crippen molar-refractivity contribution in [1.29, 1.82) is 0 Å². The number of Topliss-reactive ketones (excluding diaryl/α,β-unsaturated/α-hetero) is 1. The first-order valence-electron chi connectivity index (χ1n) is 15.7. The maximum atomic E-state index is 14.6. The molecule has 0 bridgehead atoms. The molecule has 1 aliphatic heterocycles. The van der Waals surface area contributed by atoms with Crippen LogP contribution in [-0.2, 0) is 41.7 Å². The van der Waals surface area contributed by atoms with Crippen LogP contribution in [-0.4, -0.2) is 62.6 Å². The topological polar surface area (TPSA) is 114 Å². The van der Waals surface area contributed by atoms with Crippen LogP contribution >= 0.6 is 11.6 Å². The lowest BCUT2D eigenvalue weighted by Crippen LogP contribution is -2.64. The van der Waals surface area contributed by atoms with Crippen LogP contribution in [0.3, 0.4) is 0 Å². The molecule has 1 aliphatic rings. The number of ether oxygens (including phenoxy) is 2. The second kappa shape index (κ2) is 15.8. The van der Waals surface area contributed by atoms with Crippen molar-refractivity contribution in [3.05, 3.63) is 107 Å². The molecule has 0 unspecified atom stereocenters. The average molecular weight is 674 g/mol. The highest BCUT2D eigenvalue weighted by atomic mass is 35.5. The predicted octanol–water partition coefficient (Wildman–Crippen LogP) is 5.83. The number of rotatable bonds is 12. The van der Waals surface area contributed by atoms with Crippen molar-refractivity contribution in [2.45, 2.75) is 72.8 Å². The second-order valence-electron chi connectivity index (χ2n) is 12.1. The smallest absolute Gasteiger partial charge is 0.377 e. The number of halogens is 1. The Balaban J connectivity index is 1.87. The van der Waals surface area contributed by atoms with E-state index < -0.39 is 41.8 Å². The maximum absolute atomic E-state index is 14.6. The van der Waals surface area contributed by atoms with Crippen molar-refractivity contribution in [2.24, 2.45) is 5.92 Å². The van der Waals surface area contributed by atoms with Crippen molar-refractivity contribution in [3.63, 3.8) is 0 Å². The van der Waals surface area contributed by atoms with Gasteiger partial charge in [-0.3, -0.25) is 19.2 Å². The maximum Gasteiger partial charge on any atom is 0.377 e. The SMILES string of the molecule is CC(=O)N1C=C(c2cccc(OCc3cccc(Cl)c3)c2)N(N(C(C)=O)[C@@H](Cc2ccccc2)C(=O)C(=O)OC(C)C)C(=O)[C@H]1C(C)C. The summed E-state index contributed by atoms with van der Waals surface area (Å²) in [4.78, 5) is 69.5. The molecule has 0 spiro atoms. The van der Waals surface area contributed by atoms with Crippen LogP contribution in [0, 0.1) is 5.92 Å². The fraction of sp³-hybridized carbons (Fsp3) is 0.324. The van der Waals surface area contributed by atoms with Gasteiger partial charge in [-0.05, 0) is 55.2 Å². The highest BCUT2D eigenvalue weighted by Crippen LogP contribution is 2.34. The van der Waals surface area contributed by atoms with Crippen molar-refractivity contribution in [2.75, 3.05) is 0 Å². The van der Waals surface area contributed by atoms with Crippen molar-refractivity contribution in [3.8, 4) is 5.75 Å². The van der Waals surface area contributed by atoms with Gasteiger partial charge in [-0.15, -0.1) is 0 Å². The molecule has 0 aromatic heterocycles. The van der Waals surface area contributed by atoms with E-state index in [0.29, 0.717) is 21.9 Å². The Bertz CT molecular complexity index is 1710. The van der Waals surface area contributed by atoms with Gasteiger partial charge in [-0.2, -0.15) is 0 Å². The molecule has 252 valence electrons. The number of benzene rings is 3. The van der Waals surface area contributed by atoms with Crippen LogP contribution in [0.25, 0.3) is 5.70 Å². The number of nitrogens with zero attached hydrogens (tertiary/aromatic N) is 3. The van der Waals surface area contributed by atoms with Crippen molar-refractivity contribution < 1.29 is 33.4 Å². The molecular formula is C37H40ClN3O7. The molecule has 0 aliphatic carbocycles. The summed E-state index contributed by atoms with van der Waals surface area (Å²) in [7, 11) is 0. The van der Waals surface area contributed by atoms with Gasteiger partial charge in [0.05, 0.1) is 11.8 Å². The normalized spacial score (nSPS) is 15.2. The van der Waals surface area contributed by atoms with Gasteiger partial charge in [0.1, 0.15) is 24.4 Å². The van der Waals surface area contributed by atoms with Crippen LogP contribution < -0.4 is 4.74 Å². The van der Waals surface area contributed by atoms with Crippen LogP contribution in [0.1, 0.15) is 58.2 Å². The number of hydrogen-bond acceptors (Lipinski definition) is 7. The quantitative estimate of drug-likeness (QED) is 0.176. The Kier molecular flexibility index (Phi) is 11.8. The van der Waals surface area contributed by atoms with E-state index in [1.165, 1.54) is 24.9 Å². The minimum absolute atomic E-state index is 0.0882. The molecule has 0 N–H and O–H groups in total. The van der Waals surface area contributed by atoms with E-state index in [1.807, 2.05) is 12.1 Å². The molecule has 11 heteroatoms. The Labute approximate surface area is 285 Å². The third kappa shape index (κ3) is 8.49. The van der Waals surface area contributed by atoms with Gasteiger partial charge in [0.15, 0.2) is 0 Å². The molecule has 0 fully saturated rings. The molecule has 2 atom stereocenters. The highest BCUT2D eigenvalue weighted by molar-refractivity contribution is 6.36. The van der Waals surface area contributed by atoms with E-state index in [1.54, 1.807) is 94.4 Å². The van der Waals surface area contributed by atoms with Gasteiger partial charge in [0.2, 0.25) is 11.8 Å². The summed E-state index contributed by atoms with van der Waals surface area (Å²) in [5.41, 5.74) is 2.04. The first-order valence-corrected chi connectivity index (χ1v) is 16.1. The Hall–Kier alpha value is -4.96. The van der Waals surface area contributed by atoms with E-state index >= 15 is 0 Å². The molecule has 3 amide bonds. The molecule has 48 heavy (non-hydrogen) atoms. The summed E-state index contributed by atoms with van der Waals surface area (Å²) in [6, 6.07) is 20.4. The Morgan fingerprint density at radius 1 is 0.875 bits per heavy atom. The summed E-state index contributed by atoms with van der Waals surface area (Å²) in [5, 5.41) is 2.70. The Morgan fingerprint density at radius 2 is 1.54 bits per heavy atom. The zero-order valence-electron chi connectivity index (χ0n) is 27.9. The first-order chi connectivity index (χ1) is 22.8. The highest BCUT2D eigenvalue weighted by Gasteiger charge is 2.47. The molecule has 10 nitrogen and oxygen atoms in total. The zero-order chi connectivity index (χ0) is 35.1. The predicted molar refractivity (Wildman–Crippen MR) is 181 cm³/mol. The molecule has 3 aromatic carbocycles. The number of esters is 1. The van der Waals surface area contributed by atoms with E-state index in [2.05, 4.69) is 0 Å². The summed E-state index contributed by atoms with van der Waals surface area (Å²) >= 11 is 6.14. The number of hydrazine groups is 1. The van der Waals surface area contributed by atoms with E-state index in [9.17, 15) is 24.0 Å². The van der Waals surface area contributed by atoms with Gasteiger partial charge in [0, 0.05) is 37.1 Å². The lowest BCUT2D eigenvalue weighted by Gasteiger charge is -2.46. The third-order valence-electron chi connectivity index (χ3n) is 7.62. The molecule has 1 heterocycles. The molecule has 4 rings (SSSR count). The Morgan fingerprint density at radius 3 is 2.15 bits per heavy atom. The van der Waals surface area contributed by atoms with Gasteiger partial charge in [-0.1, -0.05) is 80.0 Å². The summed E-state index contributed by atoms with van der Waals surface area (Å²) in [6.07, 6.45) is 0.812. The molecule has 0 radical (unpaired) electrons. The van der Waals surface area contributed by atoms with E-state index in [0.717, 1.165) is 15.6 Å². The minimum Gasteiger partial charge on any atom is -0.489 e. The summed E-state index contributed by atoms with van der Waals surface area (Å²) in [6.45, 7) is 9.56. The van der Waals surface area contributed by atoms with E-state index in [4.69, 9.17) is 21.1 Å². The minimum atomic E-state index is -1.46. The van der Waals surface area contributed by atoms with Crippen LogP contribution in [0.2, 0.25) is 5.02 Å². The second-order valence-corrected chi connectivity index (χ2v) is 12.5. The molecule has 0 saturated carbocycles. The third-order valence-corrected chi connectivity index (χ3v) is 7.86. The van der Waals surface area contributed by atoms with E-state index in [-0.39, 0.29) is 30.5 Å². The van der Waals surface area contributed by atoms with Gasteiger partial charge < -0.3 is 14.4 Å². The molecular weight excluding hydrogens is 634 g/mol. The lowest BCUT2D eigenvalue weighted by molar-refractivity contribution is -0.172. The van der Waals surface area contributed by atoms with Gasteiger partial charge in [-0.25, -0.2) is 14.8 Å². The van der Waals surface area contributed by atoms with Gasteiger partial charge >= 0.3 is 5.97 Å². The number of hydrogen-bond donors (Lipinski definition) is 0. The zero-order valence-corrected chi connectivity index (χ0v) is 28.6.